The van der Waals surface area contributed by atoms with E-state index < -0.39 is 0 Å². The van der Waals surface area contributed by atoms with Crippen LogP contribution >= 0.6 is 0 Å². The molecule has 0 aliphatic heterocycles. The Labute approximate surface area is 94.8 Å². The van der Waals surface area contributed by atoms with E-state index in [1.807, 2.05) is 0 Å². The van der Waals surface area contributed by atoms with Crippen molar-refractivity contribution < 1.29 is 0 Å². The van der Waals surface area contributed by atoms with Crippen LogP contribution in [0.25, 0.3) is 0 Å². The van der Waals surface area contributed by atoms with Crippen molar-refractivity contribution in [2.75, 3.05) is 0 Å². The first kappa shape index (κ1) is 10.2. The van der Waals surface area contributed by atoms with Gasteiger partial charge in [0.05, 0.1) is 0 Å². The highest BCUT2D eigenvalue weighted by atomic mass is 14.8. The third kappa shape index (κ3) is 0.746. The molecule has 0 heteroatoms. The lowest BCUT2D eigenvalue weighted by molar-refractivity contribution is 0.0913. The van der Waals surface area contributed by atoms with Crippen LogP contribution in [0.2, 0.25) is 0 Å². The summed E-state index contributed by atoms with van der Waals surface area (Å²) in [6, 6.07) is 0. The number of hydrogen-bond acceptors (Lipinski definition) is 0. The normalized spacial score (nSPS) is 66.2. The Morgan fingerprint density at radius 3 is 1.93 bits per heavy atom. The molecule has 0 N–H and O–H groups in total. The Morgan fingerprint density at radius 1 is 1.00 bits per heavy atom. The molecule has 4 aliphatic carbocycles. The summed E-state index contributed by atoms with van der Waals surface area (Å²) in [5.41, 5.74) is 1.35. The molecule has 4 aliphatic rings. The van der Waals surface area contributed by atoms with Gasteiger partial charge in [-0.05, 0) is 52.8 Å². The second-order valence-electron chi connectivity index (χ2n) is 7.46. The summed E-state index contributed by atoms with van der Waals surface area (Å²) in [6.45, 7) is 15.2. The van der Waals surface area contributed by atoms with Gasteiger partial charge in [0.25, 0.3) is 0 Å². The lowest BCUT2D eigenvalue weighted by Crippen LogP contribution is -2.33. The fraction of sp³-hybridized carbons (Fsp3) is 1.00. The zero-order valence-electron chi connectivity index (χ0n) is 11.2. The number of hydrogen-bond donors (Lipinski definition) is 0. The highest BCUT2D eigenvalue weighted by molar-refractivity contribution is 5.25. The molecule has 0 radical (unpaired) electrons. The molecule has 4 bridgehead atoms. The van der Waals surface area contributed by atoms with Gasteiger partial charge in [0.2, 0.25) is 0 Å². The molecule has 4 saturated carbocycles. The predicted octanol–water partition coefficient (Wildman–Crippen LogP) is 4.21. The van der Waals surface area contributed by atoms with Crippen molar-refractivity contribution in [3.63, 3.8) is 0 Å². The zero-order chi connectivity index (χ0) is 11.2. The summed E-state index contributed by atoms with van der Waals surface area (Å²) in [5, 5.41) is 0. The molecule has 0 nitrogen and oxygen atoms in total. The van der Waals surface area contributed by atoms with Crippen LogP contribution in [0.1, 0.15) is 48.0 Å². The van der Waals surface area contributed by atoms with E-state index in [9.17, 15) is 0 Å². The second-order valence-corrected chi connectivity index (χ2v) is 7.46. The van der Waals surface area contributed by atoms with E-state index in [4.69, 9.17) is 0 Å². The van der Waals surface area contributed by atoms with Gasteiger partial charge in [-0.1, -0.05) is 41.5 Å². The third-order valence-electron chi connectivity index (χ3n) is 7.43. The van der Waals surface area contributed by atoms with Crippen LogP contribution in [0.3, 0.4) is 0 Å². The maximum Gasteiger partial charge on any atom is -0.0230 e. The minimum Gasteiger partial charge on any atom is -0.0625 e. The molecule has 7 unspecified atom stereocenters. The Hall–Kier alpha value is 0. The van der Waals surface area contributed by atoms with Crippen molar-refractivity contribution in [2.45, 2.75) is 48.0 Å². The van der Waals surface area contributed by atoms with E-state index in [0.717, 1.165) is 35.5 Å². The first-order chi connectivity index (χ1) is 6.86. The molecule has 0 aromatic rings. The SMILES string of the molecule is CC(C)C1C2CC3C(C)C2(C)C(C)C31C. The van der Waals surface area contributed by atoms with Crippen LogP contribution in [0.15, 0.2) is 0 Å². The van der Waals surface area contributed by atoms with Gasteiger partial charge in [-0.2, -0.15) is 0 Å². The van der Waals surface area contributed by atoms with Crippen LogP contribution in [-0.2, 0) is 0 Å². The summed E-state index contributed by atoms with van der Waals surface area (Å²) in [4.78, 5) is 0. The standard InChI is InChI=1S/C15H26/c1-8(2)13-12-7-11-9(3)14(12,5)10(4)15(11,13)6/h8-13H,7H2,1-6H3. The van der Waals surface area contributed by atoms with Crippen LogP contribution < -0.4 is 0 Å². The van der Waals surface area contributed by atoms with Crippen LogP contribution in [0, 0.1) is 46.3 Å². The van der Waals surface area contributed by atoms with Gasteiger partial charge in [0.1, 0.15) is 0 Å². The lowest BCUT2D eigenvalue weighted by atomic mass is 9.66. The molecule has 0 amide bonds. The summed E-state index contributed by atoms with van der Waals surface area (Å²) < 4.78 is 0. The smallest absolute Gasteiger partial charge is 0.0230 e. The molecule has 4 fully saturated rings. The lowest BCUT2D eigenvalue weighted by Gasteiger charge is -2.38. The van der Waals surface area contributed by atoms with Crippen molar-refractivity contribution in [3.05, 3.63) is 0 Å². The minimum atomic E-state index is 0.674. The Morgan fingerprint density at radius 2 is 1.60 bits per heavy atom. The summed E-state index contributed by atoms with van der Waals surface area (Å²) >= 11 is 0. The molecule has 4 rings (SSSR count). The quantitative estimate of drug-likeness (QED) is 0.603. The molecule has 0 saturated heterocycles. The minimum absolute atomic E-state index is 0.674. The Kier molecular flexibility index (Phi) is 1.67. The van der Waals surface area contributed by atoms with E-state index in [1.165, 1.54) is 0 Å². The van der Waals surface area contributed by atoms with E-state index >= 15 is 0 Å². The van der Waals surface area contributed by atoms with Gasteiger partial charge < -0.3 is 0 Å². The van der Waals surface area contributed by atoms with E-state index in [-0.39, 0.29) is 0 Å². The molecule has 7 atom stereocenters. The van der Waals surface area contributed by atoms with Crippen molar-refractivity contribution in [1.29, 1.82) is 0 Å². The maximum atomic E-state index is 2.61. The molecule has 86 valence electrons. The van der Waals surface area contributed by atoms with Crippen molar-refractivity contribution in [3.8, 4) is 0 Å². The molecular formula is C15H26. The van der Waals surface area contributed by atoms with Crippen molar-refractivity contribution in [2.24, 2.45) is 46.3 Å². The molecule has 0 spiro atoms. The van der Waals surface area contributed by atoms with E-state index in [1.54, 1.807) is 6.42 Å². The van der Waals surface area contributed by atoms with Crippen molar-refractivity contribution in [1.82, 2.24) is 0 Å². The molecule has 15 heavy (non-hydrogen) atoms. The highest BCUT2D eigenvalue weighted by Crippen LogP contribution is 2.83. The van der Waals surface area contributed by atoms with Gasteiger partial charge in [-0.3, -0.25) is 0 Å². The largest absolute Gasteiger partial charge is 0.0625 e. The summed E-state index contributed by atoms with van der Waals surface area (Å²) in [6.07, 6.45) is 1.54. The summed E-state index contributed by atoms with van der Waals surface area (Å²) in [7, 11) is 0. The second kappa shape index (κ2) is 2.46. The molecular weight excluding hydrogens is 180 g/mol. The predicted molar refractivity (Wildman–Crippen MR) is 64.5 cm³/mol. The first-order valence-corrected chi connectivity index (χ1v) is 6.86. The van der Waals surface area contributed by atoms with Gasteiger partial charge >= 0.3 is 0 Å². The van der Waals surface area contributed by atoms with Crippen LogP contribution in [0.4, 0.5) is 0 Å². The Bertz CT molecular complexity index is 301. The monoisotopic (exact) mass is 206 g/mol. The Balaban J connectivity index is 2.13. The number of rotatable bonds is 1. The van der Waals surface area contributed by atoms with E-state index in [0.29, 0.717) is 10.8 Å². The summed E-state index contributed by atoms with van der Waals surface area (Å²) in [5.74, 6) is 5.92. The van der Waals surface area contributed by atoms with Crippen LogP contribution in [-0.4, -0.2) is 0 Å². The molecule has 0 aromatic heterocycles. The van der Waals surface area contributed by atoms with Crippen LogP contribution in [0.5, 0.6) is 0 Å². The van der Waals surface area contributed by atoms with Gasteiger partial charge in [0.15, 0.2) is 0 Å². The molecule has 0 aromatic carbocycles. The fourth-order valence-electron chi connectivity index (χ4n) is 6.69. The topological polar surface area (TPSA) is 0 Å². The maximum absolute atomic E-state index is 2.61. The average Bonchev–Trinajstić information content (AvgIpc) is 2.68. The third-order valence-corrected chi connectivity index (χ3v) is 7.43. The molecule has 0 heterocycles. The highest BCUT2D eigenvalue weighted by Gasteiger charge is 2.78. The fourth-order valence-corrected chi connectivity index (χ4v) is 6.69. The first-order valence-electron chi connectivity index (χ1n) is 6.86. The van der Waals surface area contributed by atoms with E-state index in [2.05, 4.69) is 41.5 Å². The zero-order valence-corrected chi connectivity index (χ0v) is 11.2. The van der Waals surface area contributed by atoms with Crippen molar-refractivity contribution >= 4 is 0 Å². The van der Waals surface area contributed by atoms with Gasteiger partial charge in [0, 0.05) is 0 Å². The average molecular weight is 206 g/mol. The van der Waals surface area contributed by atoms with Gasteiger partial charge in [-0.25, -0.2) is 0 Å². The van der Waals surface area contributed by atoms with Gasteiger partial charge in [-0.15, -0.1) is 0 Å².